The van der Waals surface area contributed by atoms with E-state index in [0.717, 1.165) is 42.9 Å². The summed E-state index contributed by atoms with van der Waals surface area (Å²) in [5.74, 6) is -0.477. The summed E-state index contributed by atoms with van der Waals surface area (Å²) in [4.78, 5) is 50.3. The van der Waals surface area contributed by atoms with Gasteiger partial charge < -0.3 is 15.1 Å². The van der Waals surface area contributed by atoms with E-state index in [9.17, 15) is 19.7 Å². The van der Waals surface area contributed by atoms with Gasteiger partial charge in [-0.3, -0.25) is 19.4 Å². The number of aromatic nitrogens is 1. The Morgan fingerprint density at radius 3 is 2.53 bits per heavy atom. The molecule has 2 aliphatic heterocycles. The molecule has 2 amide bonds. The number of carbonyl (C=O) groups excluding carboxylic acids is 2. The quantitative estimate of drug-likeness (QED) is 0.354. The Morgan fingerprint density at radius 2 is 1.74 bits per heavy atom. The van der Waals surface area contributed by atoms with Gasteiger partial charge in [-0.05, 0) is 49.6 Å². The van der Waals surface area contributed by atoms with E-state index in [1.54, 1.807) is 22.2 Å². The summed E-state index contributed by atoms with van der Waals surface area (Å²) in [6.07, 6.45) is 7.71. The lowest BCUT2D eigenvalue weighted by molar-refractivity contribution is -0.711. The summed E-state index contributed by atoms with van der Waals surface area (Å²) in [5.41, 5.74) is 1.16. The first-order chi connectivity index (χ1) is 18.4. The summed E-state index contributed by atoms with van der Waals surface area (Å²) < 4.78 is 0. The normalized spacial score (nSPS) is 17.8. The summed E-state index contributed by atoms with van der Waals surface area (Å²) in [6.45, 7) is 2.23. The Balaban J connectivity index is 1.40. The number of carbonyl (C=O) groups is 2. The van der Waals surface area contributed by atoms with E-state index in [4.69, 9.17) is 11.6 Å². The fourth-order valence-electron chi connectivity index (χ4n) is 5.24. The van der Waals surface area contributed by atoms with Crippen molar-refractivity contribution in [2.75, 3.05) is 31.5 Å². The molecular weight excluding hydrogens is 510 g/mol. The number of piperidine rings is 2. The van der Waals surface area contributed by atoms with Crippen LogP contribution in [0.1, 0.15) is 52.8 Å². The monoisotopic (exact) mass is 537 g/mol. The van der Waals surface area contributed by atoms with Crippen LogP contribution in [-0.4, -0.2) is 63.9 Å². The van der Waals surface area contributed by atoms with Crippen LogP contribution in [0, 0.1) is 10.1 Å². The summed E-state index contributed by atoms with van der Waals surface area (Å²) in [6, 6.07) is 10.2. The second-order valence-electron chi connectivity index (χ2n) is 9.64. The van der Waals surface area contributed by atoms with Crippen LogP contribution in [-0.2, 0) is 0 Å². The Labute approximate surface area is 224 Å². The molecule has 11 heteroatoms. The predicted octanol–water partition coefficient (Wildman–Crippen LogP) is 4.80. The standard InChI is InChI=1S/C27H28ClN5O5/c28-24-14-20(38-33(36)37)13-22(26(34)31-10-4-1-5-11-31)25(24)30-19-8-6-12-32(17-19)27(35)23-16-29-15-18-7-2-3-9-21(18)23/h2-3,7,9,13-16,19,30H,1,4-6,8,10-12,17H2/t19-/m1/s1. The lowest BCUT2D eigenvalue weighted by Gasteiger charge is -2.35. The summed E-state index contributed by atoms with van der Waals surface area (Å²) in [5, 5.41) is 15.3. The van der Waals surface area contributed by atoms with Gasteiger partial charge in [-0.2, -0.15) is 0 Å². The van der Waals surface area contributed by atoms with Crippen molar-refractivity contribution in [2.24, 2.45) is 0 Å². The number of fused-ring (bicyclic) bond motifs is 1. The molecule has 3 aromatic rings. The highest BCUT2D eigenvalue weighted by Crippen LogP contribution is 2.34. The van der Waals surface area contributed by atoms with Crippen molar-refractivity contribution in [2.45, 2.75) is 38.1 Å². The Kier molecular flexibility index (Phi) is 7.59. The molecule has 0 radical (unpaired) electrons. The number of rotatable bonds is 6. The second kappa shape index (κ2) is 11.2. The van der Waals surface area contributed by atoms with E-state index in [2.05, 4.69) is 15.1 Å². The van der Waals surface area contributed by atoms with E-state index in [1.165, 1.54) is 12.1 Å². The number of benzene rings is 2. The largest absolute Gasteiger partial charge is 0.379 e. The van der Waals surface area contributed by atoms with Gasteiger partial charge in [0, 0.05) is 50.0 Å². The van der Waals surface area contributed by atoms with Gasteiger partial charge in [0.2, 0.25) is 0 Å². The van der Waals surface area contributed by atoms with Crippen LogP contribution in [0.3, 0.4) is 0 Å². The van der Waals surface area contributed by atoms with Crippen molar-refractivity contribution < 1.29 is 19.5 Å². The molecule has 2 aromatic carbocycles. The van der Waals surface area contributed by atoms with Crippen LogP contribution >= 0.6 is 11.6 Å². The first kappa shape index (κ1) is 25.7. The number of pyridine rings is 1. The van der Waals surface area contributed by atoms with E-state index in [0.29, 0.717) is 37.4 Å². The van der Waals surface area contributed by atoms with Crippen LogP contribution in [0.2, 0.25) is 5.02 Å². The van der Waals surface area contributed by atoms with Crippen molar-refractivity contribution in [3.05, 3.63) is 75.1 Å². The van der Waals surface area contributed by atoms with Gasteiger partial charge in [-0.25, -0.2) is 0 Å². The molecule has 198 valence electrons. The Bertz CT molecular complexity index is 1370. The third kappa shape index (κ3) is 5.50. The van der Waals surface area contributed by atoms with Crippen molar-refractivity contribution in [1.29, 1.82) is 0 Å². The van der Waals surface area contributed by atoms with Gasteiger partial charge in [0.15, 0.2) is 0 Å². The highest BCUT2D eigenvalue weighted by atomic mass is 35.5. The molecule has 0 saturated carbocycles. The average Bonchev–Trinajstić information content (AvgIpc) is 2.93. The third-order valence-electron chi connectivity index (χ3n) is 7.07. The molecule has 0 spiro atoms. The molecule has 5 rings (SSSR count). The minimum Gasteiger partial charge on any atom is -0.379 e. The van der Waals surface area contributed by atoms with Crippen LogP contribution in [0.5, 0.6) is 5.75 Å². The van der Waals surface area contributed by atoms with E-state index in [1.807, 2.05) is 24.3 Å². The minimum absolute atomic E-state index is 0.105. The van der Waals surface area contributed by atoms with Gasteiger partial charge in [0.05, 0.1) is 21.8 Å². The summed E-state index contributed by atoms with van der Waals surface area (Å²) >= 11 is 6.56. The average molecular weight is 538 g/mol. The van der Waals surface area contributed by atoms with E-state index < -0.39 is 5.09 Å². The smallest absolute Gasteiger partial charge is 0.299 e. The fraction of sp³-hybridized carbons (Fsp3) is 0.370. The second-order valence-corrected chi connectivity index (χ2v) is 10.0. The lowest BCUT2D eigenvalue weighted by atomic mass is 10.0. The summed E-state index contributed by atoms with van der Waals surface area (Å²) in [7, 11) is 0. The van der Waals surface area contributed by atoms with Gasteiger partial charge >= 0.3 is 0 Å². The topological polar surface area (TPSA) is 118 Å². The highest BCUT2D eigenvalue weighted by Gasteiger charge is 2.29. The number of halogens is 1. The molecule has 38 heavy (non-hydrogen) atoms. The lowest BCUT2D eigenvalue weighted by Crippen LogP contribution is -2.45. The highest BCUT2D eigenvalue weighted by molar-refractivity contribution is 6.34. The first-order valence-electron chi connectivity index (χ1n) is 12.7. The van der Waals surface area contributed by atoms with Gasteiger partial charge in [-0.1, -0.05) is 35.9 Å². The van der Waals surface area contributed by atoms with Gasteiger partial charge in [0.25, 0.3) is 16.9 Å². The number of nitrogens with one attached hydrogen (secondary N) is 1. The molecule has 0 unspecified atom stereocenters. The zero-order valence-corrected chi connectivity index (χ0v) is 21.5. The van der Waals surface area contributed by atoms with E-state index in [-0.39, 0.29) is 34.2 Å². The van der Waals surface area contributed by atoms with Gasteiger partial charge in [-0.15, -0.1) is 10.1 Å². The van der Waals surface area contributed by atoms with Crippen molar-refractivity contribution in [3.63, 3.8) is 0 Å². The molecular formula is C27H28ClN5O5. The van der Waals surface area contributed by atoms with Gasteiger partial charge in [0.1, 0.15) is 5.75 Å². The number of hydrogen-bond acceptors (Lipinski definition) is 7. The Morgan fingerprint density at radius 1 is 1.00 bits per heavy atom. The molecule has 2 saturated heterocycles. The van der Waals surface area contributed by atoms with Crippen molar-refractivity contribution in [3.8, 4) is 5.75 Å². The SMILES string of the molecule is O=C(c1cc(O[N+](=O)[O-])cc(Cl)c1N[C@@H]1CCCN(C(=O)c2cncc3ccccc23)C1)N1CCCCC1. The molecule has 1 N–H and O–H groups in total. The molecule has 2 fully saturated rings. The fourth-order valence-corrected chi connectivity index (χ4v) is 5.51. The van der Waals surface area contributed by atoms with Crippen LogP contribution in [0.4, 0.5) is 5.69 Å². The zero-order chi connectivity index (χ0) is 26.6. The molecule has 0 aliphatic carbocycles. The van der Waals surface area contributed by atoms with Crippen molar-refractivity contribution in [1.82, 2.24) is 14.8 Å². The molecule has 2 aliphatic rings. The number of anilines is 1. The maximum absolute atomic E-state index is 13.5. The van der Waals surface area contributed by atoms with Crippen molar-refractivity contribution >= 4 is 39.9 Å². The van der Waals surface area contributed by atoms with Crippen LogP contribution in [0.25, 0.3) is 10.8 Å². The predicted molar refractivity (Wildman–Crippen MR) is 143 cm³/mol. The van der Waals surface area contributed by atoms with Crippen LogP contribution < -0.4 is 10.2 Å². The molecule has 0 bridgehead atoms. The number of likely N-dealkylation sites (tertiary alicyclic amines) is 2. The zero-order valence-electron chi connectivity index (χ0n) is 20.8. The molecule has 1 aromatic heterocycles. The number of hydrogen-bond donors (Lipinski definition) is 1. The third-order valence-corrected chi connectivity index (χ3v) is 7.37. The van der Waals surface area contributed by atoms with E-state index >= 15 is 0 Å². The molecule has 10 nitrogen and oxygen atoms in total. The number of amides is 2. The first-order valence-corrected chi connectivity index (χ1v) is 13.1. The minimum atomic E-state index is -0.930. The number of nitrogens with zero attached hydrogens (tertiary/aromatic N) is 4. The maximum atomic E-state index is 13.5. The van der Waals surface area contributed by atoms with Crippen LogP contribution in [0.15, 0.2) is 48.8 Å². The maximum Gasteiger partial charge on any atom is 0.299 e. The molecule has 3 heterocycles. The Hall–Kier alpha value is -3.92. The molecule has 1 atom stereocenters.